The van der Waals surface area contributed by atoms with Gasteiger partial charge in [-0.2, -0.15) is 0 Å². The number of rotatable bonds is 7. The van der Waals surface area contributed by atoms with Gasteiger partial charge in [0.05, 0.1) is 16.6 Å². The van der Waals surface area contributed by atoms with E-state index in [1.54, 1.807) is 12.2 Å². The van der Waals surface area contributed by atoms with Crippen LogP contribution in [0.2, 0.25) is 0 Å². The summed E-state index contributed by atoms with van der Waals surface area (Å²) in [6, 6.07) is 5.31. The molecule has 0 fully saturated rings. The Morgan fingerprint density at radius 1 is 1.32 bits per heavy atom. The van der Waals surface area contributed by atoms with Gasteiger partial charge in [-0.25, -0.2) is 23.1 Å². The van der Waals surface area contributed by atoms with Crippen LogP contribution in [0.5, 0.6) is 0 Å². The fourth-order valence-electron chi connectivity index (χ4n) is 3.34. The van der Waals surface area contributed by atoms with E-state index in [1.165, 1.54) is 43.1 Å². The van der Waals surface area contributed by atoms with Crippen molar-refractivity contribution in [2.24, 2.45) is 7.05 Å². The summed E-state index contributed by atoms with van der Waals surface area (Å²) >= 11 is 0. The van der Waals surface area contributed by atoms with Crippen LogP contribution in [-0.2, 0) is 19.2 Å². The average Bonchev–Trinajstić information content (AvgIpc) is 2.73. The standard InChI is InChI=1S/C22H23F3N4O2/c1-4-5-9-22(2,31)16-10-15-19(27-12-28-20(15)29(3)21(16)30)26-11-13-7-6-8-14(17(13)23)18(24)25/h4-8,10,12,18,31H,9,11H2,1-3H3,(H,26,27,28)/b5-4+. The van der Waals surface area contributed by atoms with Gasteiger partial charge in [-0.1, -0.05) is 30.4 Å². The van der Waals surface area contributed by atoms with Gasteiger partial charge in [-0.3, -0.25) is 9.36 Å². The van der Waals surface area contributed by atoms with Gasteiger partial charge in [-0.05, 0) is 26.3 Å². The number of nitrogens with zero attached hydrogens (tertiary/aromatic N) is 3. The molecule has 0 saturated carbocycles. The Balaban J connectivity index is 2.05. The molecule has 3 rings (SSSR count). The third-order valence-corrected chi connectivity index (χ3v) is 5.13. The Morgan fingerprint density at radius 2 is 2.06 bits per heavy atom. The lowest BCUT2D eigenvalue weighted by molar-refractivity contribution is 0.0588. The van der Waals surface area contributed by atoms with Crippen LogP contribution >= 0.6 is 0 Å². The van der Waals surface area contributed by atoms with E-state index < -0.39 is 29.0 Å². The first-order valence-electron chi connectivity index (χ1n) is 9.65. The minimum absolute atomic E-state index is 0.0506. The van der Waals surface area contributed by atoms with Gasteiger partial charge in [0, 0.05) is 24.7 Å². The molecule has 2 heterocycles. The SMILES string of the molecule is C/C=C/CC(C)(O)c1cc2c(NCc3cccc(C(F)F)c3F)ncnc2n(C)c1=O. The van der Waals surface area contributed by atoms with Crippen LogP contribution < -0.4 is 10.9 Å². The summed E-state index contributed by atoms with van der Waals surface area (Å²) in [4.78, 5) is 21.1. The predicted octanol–water partition coefficient (Wildman–Crippen LogP) is 4.19. The second-order valence-electron chi connectivity index (χ2n) is 7.40. The highest BCUT2D eigenvalue weighted by Crippen LogP contribution is 2.28. The lowest BCUT2D eigenvalue weighted by Gasteiger charge is -2.23. The van der Waals surface area contributed by atoms with Gasteiger partial charge in [-0.15, -0.1) is 0 Å². The largest absolute Gasteiger partial charge is 0.385 e. The highest BCUT2D eigenvalue weighted by molar-refractivity contribution is 5.87. The third kappa shape index (κ3) is 4.46. The van der Waals surface area contributed by atoms with Gasteiger partial charge in [0.25, 0.3) is 12.0 Å². The number of anilines is 1. The number of hydrogen-bond donors (Lipinski definition) is 2. The van der Waals surface area contributed by atoms with Crippen molar-refractivity contribution in [2.45, 2.75) is 38.8 Å². The molecule has 0 bridgehead atoms. The van der Waals surface area contributed by atoms with Crippen molar-refractivity contribution in [1.29, 1.82) is 0 Å². The number of aliphatic hydroxyl groups is 1. The fourth-order valence-corrected chi connectivity index (χ4v) is 3.34. The molecule has 0 amide bonds. The van der Waals surface area contributed by atoms with Crippen molar-refractivity contribution in [3.63, 3.8) is 0 Å². The molecular formula is C22H23F3N4O2. The second kappa shape index (κ2) is 8.89. The average molecular weight is 432 g/mol. The summed E-state index contributed by atoms with van der Waals surface area (Å²) in [7, 11) is 1.53. The van der Waals surface area contributed by atoms with Crippen LogP contribution in [0.15, 0.2) is 47.5 Å². The first kappa shape index (κ1) is 22.5. The molecule has 0 radical (unpaired) electrons. The van der Waals surface area contributed by atoms with Gasteiger partial charge in [0.15, 0.2) is 0 Å². The number of halogens is 3. The van der Waals surface area contributed by atoms with E-state index in [1.807, 2.05) is 6.92 Å². The first-order chi connectivity index (χ1) is 14.7. The monoisotopic (exact) mass is 432 g/mol. The number of aromatic nitrogens is 3. The fraction of sp³-hybridized carbons (Fsp3) is 0.318. The molecule has 31 heavy (non-hydrogen) atoms. The summed E-state index contributed by atoms with van der Waals surface area (Å²) in [6.45, 7) is 3.25. The number of pyridine rings is 1. The second-order valence-corrected chi connectivity index (χ2v) is 7.40. The van der Waals surface area contributed by atoms with E-state index in [0.29, 0.717) is 11.0 Å². The minimum Gasteiger partial charge on any atom is -0.385 e. The number of fused-ring (bicyclic) bond motifs is 1. The Labute approximate surface area is 177 Å². The molecule has 9 heteroatoms. The number of nitrogens with one attached hydrogen (secondary N) is 1. The lowest BCUT2D eigenvalue weighted by atomic mass is 9.92. The van der Waals surface area contributed by atoms with E-state index in [4.69, 9.17) is 0 Å². The molecule has 2 aromatic heterocycles. The normalized spacial score (nSPS) is 13.8. The van der Waals surface area contributed by atoms with Crippen molar-refractivity contribution in [2.75, 3.05) is 5.32 Å². The van der Waals surface area contributed by atoms with Crippen LogP contribution in [-0.4, -0.2) is 19.6 Å². The van der Waals surface area contributed by atoms with Crippen LogP contribution in [0.3, 0.4) is 0 Å². The first-order valence-corrected chi connectivity index (χ1v) is 9.65. The number of aryl methyl sites for hydroxylation is 1. The third-order valence-electron chi connectivity index (χ3n) is 5.13. The smallest absolute Gasteiger partial charge is 0.266 e. The molecule has 1 aromatic carbocycles. The quantitative estimate of drug-likeness (QED) is 0.548. The predicted molar refractivity (Wildman–Crippen MR) is 112 cm³/mol. The highest BCUT2D eigenvalue weighted by atomic mass is 19.3. The summed E-state index contributed by atoms with van der Waals surface area (Å²) in [5, 5.41) is 14.2. The molecule has 2 N–H and O–H groups in total. The summed E-state index contributed by atoms with van der Waals surface area (Å²) < 4.78 is 41.6. The van der Waals surface area contributed by atoms with Crippen molar-refractivity contribution in [3.05, 3.63) is 75.6 Å². The summed E-state index contributed by atoms with van der Waals surface area (Å²) in [5.74, 6) is -0.698. The summed E-state index contributed by atoms with van der Waals surface area (Å²) in [5.41, 5.74) is -1.98. The maximum absolute atomic E-state index is 14.4. The summed E-state index contributed by atoms with van der Waals surface area (Å²) in [6.07, 6.45) is 2.08. The molecule has 0 saturated heterocycles. The maximum atomic E-state index is 14.4. The molecular weight excluding hydrogens is 409 g/mol. The van der Waals surface area contributed by atoms with Crippen LogP contribution in [0.1, 0.15) is 43.4 Å². The van der Waals surface area contributed by atoms with Crippen molar-refractivity contribution < 1.29 is 18.3 Å². The number of alkyl halides is 2. The molecule has 6 nitrogen and oxygen atoms in total. The molecule has 1 unspecified atom stereocenters. The number of benzene rings is 1. The van der Waals surface area contributed by atoms with E-state index in [-0.39, 0.29) is 29.9 Å². The molecule has 0 aliphatic carbocycles. The zero-order chi connectivity index (χ0) is 22.8. The van der Waals surface area contributed by atoms with E-state index in [2.05, 4.69) is 15.3 Å². The Hall–Kier alpha value is -3.20. The lowest BCUT2D eigenvalue weighted by Crippen LogP contribution is -2.33. The van der Waals surface area contributed by atoms with Crippen molar-refractivity contribution >= 4 is 16.9 Å². The Kier molecular flexibility index (Phi) is 6.45. The van der Waals surface area contributed by atoms with Crippen LogP contribution in [0.25, 0.3) is 11.0 Å². The van der Waals surface area contributed by atoms with E-state index in [9.17, 15) is 23.1 Å². The van der Waals surface area contributed by atoms with Gasteiger partial charge < -0.3 is 10.4 Å². The van der Waals surface area contributed by atoms with Crippen molar-refractivity contribution in [1.82, 2.24) is 14.5 Å². The molecule has 1 atom stereocenters. The zero-order valence-corrected chi connectivity index (χ0v) is 17.4. The molecule has 0 spiro atoms. The van der Waals surface area contributed by atoms with Crippen molar-refractivity contribution in [3.8, 4) is 0 Å². The Morgan fingerprint density at radius 3 is 2.74 bits per heavy atom. The highest BCUT2D eigenvalue weighted by Gasteiger charge is 2.27. The minimum atomic E-state index is -2.92. The van der Waals surface area contributed by atoms with Crippen LogP contribution in [0, 0.1) is 5.82 Å². The molecule has 3 aromatic rings. The van der Waals surface area contributed by atoms with E-state index >= 15 is 0 Å². The van der Waals surface area contributed by atoms with Crippen LogP contribution in [0.4, 0.5) is 19.0 Å². The Bertz CT molecular complexity index is 1190. The molecule has 164 valence electrons. The van der Waals surface area contributed by atoms with Gasteiger partial charge in [0.1, 0.15) is 23.6 Å². The van der Waals surface area contributed by atoms with E-state index in [0.717, 1.165) is 6.07 Å². The topological polar surface area (TPSA) is 80.0 Å². The maximum Gasteiger partial charge on any atom is 0.266 e. The number of hydrogen-bond acceptors (Lipinski definition) is 5. The molecule has 0 aliphatic rings. The van der Waals surface area contributed by atoms with Gasteiger partial charge >= 0.3 is 0 Å². The number of allylic oxidation sites excluding steroid dienone is 1. The molecule has 0 aliphatic heterocycles. The zero-order valence-electron chi connectivity index (χ0n) is 17.4. The van der Waals surface area contributed by atoms with Gasteiger partial charge in [0.2, 0.25) is 0 Å².